The molecule has 1 amide bonds. The van der Waals surface area contributed by atoms with Crippen LogP contribution in [0.3, 0.4) is 0 Å². The van der Waals surface area contributed by atoms with E-state index in [9.17, 15) is 4.79 Å². The number of ether oxygens (including phenoxy) is 2. The average Bonchev–Trinajstić information content (AvgIpc) is 2.62. The smallest absolute Gasteiger partial charge is 0.251 e. The molecule has 126 valence electrons. The first-order valence-electron chi connectivity index (χ1n) is 7.72. The number of benzene rings is 1. The Morgan fingerprint density at radius 3 is 2.79 bits per heavy atom. The molecule has 5 heteroatoms. The van der Waals surface area contributed by atoms with Gasteiger partial charge in [-0.3, -0.25) is 9.78 Å². The number of nitrogens with one attached hydrogen (secondary N) is 1. The summed E-state index contributed by atoms with van der Waals surface area (Å²) in [6.45, 7) is 4.28. The molecule has 0 atom stereocenters. The van der Waals surface area contributed by atoms with Crippen LogP contribution < -0.4 is 14.8 Å². The van der Waals surface area contributed by atoms with Gasteiger partial charge in [0.2, 0.25) is 0 Å². The van der Waals surface area contributed by atoms with E-state index in [1.165, 1.54) is 0 Å². The number of hydrogen-bond acceptors (Lipinski definition) is 4. The van der Waals surface area contributed by atoms with E-state index < -0.39 is 0 Å². The summed E-state index contributed by atoms with van der Waals surface area (Å²) in [5, 5.41) is 2.92. The van der Waals surface area contributed by atoms with Crippen LogP contribution in [0.15, 0.2) is 49.3 Å². The van der Waals surface area contributed by atoms with Crippen LogP contribution in [0.4, 0.5) is 0 Å². The fraction of sp³-hybridized carbons (Fsp3) is 0.263. The van der Waals surface area contributed by atoms with Crippen molar-refractivity contribution in [3.63, 3.8) is 0 Å². The molecule has 2 rings (SSSR count). The van der Waals surface area contributed by atoms with Crippen molar-refractivity contribution in [2.24, 2.45) is 0 Å². The highest BCUT2D eigenvalue weighted by Gasteiger charge is 2.15. The molecule has 1 N–H and O–H groups in total. The van der Waals surface area contributed by atoms with E-state index in [0.717, 1.165) is 17.5 Å². The minimum Gasteiger partial charge on any atom is -0.493 e. The molecule has 0 fully saturated rings. The Bertz CT molecular complexity index is 699. The number of pyridine rings is 1. The van der Waals surface area contributed by atoms with Crippen LogP contribution in [0.25, 0.3) is 0 Å². The van der Waals surface area contributed by atoms with Crippen molar-refractivity contribution in [3.8, 4) is 11.5 Å². The molecule has 0 aliphatic rings. The zero-order valence-electron chi connectivity index (χ0n) is 14.0. The van der Waals surface area contributed by atoms with Gasteiger partial charge in [-0.1, -0.05) is 12.1 Å². The summed E-state index contributed by atoms with van der Waals surface area (Å²) in [5.74, 6) is 1.02. The first-order valence-corrected chi connectivity index (χ1v) is 7.72. The number of hydrogen-bond donors (Lipinski definition) is 1. The average molecular weight is 326 g/mol. The number of carbonyl (C=O) groups is 1. The lowest BCUT2D eigenvalue weighted by atomic mass is 10.0. The predicted octanol–water partition coefficient (Wildman–Crippen LogP) is 2.80. The Kier molecular flexibility index (Phi) is 6.37. The van der Waals surface area contributed by atoms with Gasteiger partial charge in [-0.15, -0.1) is 6.58 Å². The van der Waals surface area contributed by atoms with Gasteiger partial charge < -0.3 is 14.8 Å². The third-order valence-electron chi connectivity index (χ3n) is 3.60. The summed E-state index contributed by atoms with van der Waals surface area (Å²) < 4.78 is 10.7. The molecule has 24 heavy (non-hydrogen) atoms. The second kappa shape index (κ2) is 8.72. The summed E-state index contributed by atoms with van der Waals surface area (Å²) in [6, 6.07) is 7.36. The van der Waals surface area contributed by atoms with Crippen molar-refractivity contribution in [1.29, 1.82) is 0 Å². The summed E-state index contributed by atoms with van der Waals surface area (Å²) in [4.78, 5) is 16.5. The second-order valence-electron chi connectivity index (χ2n) is 5.23. The van der Waals surface area contributed by atoms with Crippen molar-refractivity contribution >= 4 is 5.91 Å². The Morgan fingerprint density at radius 1 is 1.33 bits per heavy atom. The van der Waals surface area contributed by atoms with Gasteiger partial charge in [0.05, 0.1) is 14.2 Å². The van der Waals surface area contributed by atoms with E-state index in [4.69, 9.17) is 9.47 Å². The van der Waals surface area contributed by atoms with Crippen LogP contribution in [0.1, 0.15) is 21.5 Å². The van der Waals surface area contributed by atoms with Crippen LogP contribution >= 0.6 is 0 Å². The lowest BCUT2D eigenvalue weighted by Crippen LogP contribution is -2.26. The summed E-state index contributed by atoms with van der Waals surface area (Å²) >= 11 is 0. The highest BCUT2D eigenvalue weighted by atomic mass is 16.5. The molecule has 0 aliphatic heterocycles. The Hall–Kier alpha value is -2.82. The minimum absolute atomic E-state index is 0.148. The summed E-state index contributed by atoms with van der Waals surface area (Å²) in [6.07, 6.45) is 6.61. The second-order valence-corrected chi connectivity index (χ2v) is 5.23. The van der Waals surface area contributed by atoms with Gasteiger partial charge in [-0.2, -0.15) is 0 Å². The van der Waals surface area contributed by atoms with E-state index in [-0.39, 0.29) is 5.91 Å². The van der Waals surface area contributed by atoms with Crippen molar-refractivity contribution in [1.82, 2.24) is 10.3 Å². The van der Waals surface area contributed by atoms with Gasteiger partial charge in [0.25, 0.3) is 5.91 Å². The molecule has 0 radical (unpaired) electrons. The molecule has 0 spiro atoms. The Labute approximate surface area is 142 Å². The third-order valence-corrected chi connectivity index (χ3v) is 3.60. The number of methoxy groups -OCH3 is 2. The van der Waals surface area contributed by atoms with Crippen LogP contribution in [-0.4, -0.2) is 31.7 Å². The molecule has 0 bridgehead atoms. The minimum atomic E-state index is -0.148. The van der Waals surface area contributed by atoms with Gasteiger partial charge >= 0.3 is 0 Å². The maximum Gasteiger partial charge on any atom is 0.251 e. The van der Waals surface area contributed by atoms with Gasteiger partial charge in [0, 0.05) is 30.1 Å². The zero-order valence-corrected chi connectivity index (χ0v) is 14.0. The quantitative estimate of drug-likeness (QED) is 0.758. The lowest BCUT2D eigenvalue weighted by Gasteiger charge is -2.14. The Morgan fingerprint density at radius 2 is 2.17 bits per heavy atom. The van der Waals surface area contributed by atoms with Crippen molar-refractivity contribution in [2.75, 3.05) is 20.8 Å². The highest BCUT2D eigenvalue weighted by Crippen LogP contribution is 2.33. The molecule has 1 aromatic carbocycles. The van der Waals surface area contributed by atoms with E-state index in [0.29, 0.717) is 30.0 Å². The molecule has 1 heterocycles. The number of amides is 1. The van der Waals surface area contributed by atoms with Crippen molar-refractivity contribution < 1.29 is 14.3 Å². The fourth-order valence-electron chi connectivity index (χ4n) is 2.45. The zero-order chi connectivity index (χ0) is 17.4. The van der Waals surface area contributed by atoms with Crippen molar-refractivity contribution in [3.05, 3.63) is 66.0 Å². The monoisotopic (exact) mass is 326 g/mol. The van der Waals surface area contributed by atoms with E-state index in [1.807, 2.05) is 18.2 Å². The van der Waals surface area contributed by atoms with Crippen LogP contribution in [-0.2, 0) is 12.8 Å². The Balaban J connectivity index is 2.10. The highest BCUT2D eigenvalue weighted by molar-refractivity contribution is 5.95. The van der Waals surface area contributed by atoms with E-state index in [1.54, 1.807) is 38.8 Å². The van der Waals surface area contributed by atoms with Crippen LogP contribution in [0.2, 0.25) is 0 Å². The van der Waals surface area contributed by atoms with Gasteiger partial charge in [-0.25, -0.2) is 0 Å². The number of carbonyl (C=O) groups excluding carboxylic acids is 1. The third kappa shape index (κ3) is 4.35. The maximum atomic E-state index is 12.4. The first kappa shape index (κ1) is 17.5. The predicted molar refractivity (Wildman–Crippen MR) is 93.7 cm³/mol. The van der Waals surface area contributed by atoms with E-state index >= 15 is 0 Å². The molecular weight excluding hydrogens is 304 g/mol. The van der Waals surface area contributed by atoms with Crippen LogP contribution in [0.5, 0.6) is 11.5 Å². The molecule has 1 aromatic heterocycles. The van der Waals surface area contributed by atoms with Crippen LogP contribution in [0, 0.1) is 0 Å². The normalized spacial score (nSPS) is 10.1. The van der Waals surface area contributed by atoms with Gasteiger partial charge in [0.15, 0.2) is 11.5 Å². The molecular formula is C19H22N2O3. The standard InChI is InChI=1S/C19H22N2O3/c1-4-6-15-11-16(12-17(23-2)18(15)24-3)19(22)21-10-8-14-7-5-9-20-13-14/h4-5,7,9,11-13H,1,6,8,10H2,2-3H3,(H,21,22). The molecule has 0 unspecified atom stereocenters. The molecule has 2 aromatic rings. The number of aromatic nitrogens is 1. The largest absolute Gasteiger partial charge is 0.493 e. The first-order chi connectivity index (χ1) is 11.7. The molecule has 0 aliphatic carbocycles. The molecule has 0 saturated carbocycles. The molecule has 5 nitrogen and oxygen atoms in total. The number of rotatable bonds is 8. The maximum absolute atomic E-state index is 12.4. The van der Waals surface area contributed by atoms with Gasteiger partial charge in [0.1, 0.15) is 0 Å². The molecule has 0 saturated heterocycles. The number of nitrogens with zero attached hydrogens (tertiary/aromatic N) is 1. The summed E-state index contributed by atoms with van der Waals surface area (Å²) in [5.41, 5.74) is 2.48. The van der Waals surface area contributed by atoms with E-state index in [2.05, 4.69) is 16.9 Å². The lowest BCUT2D eigenvalue weighted by molar-refractivity contribution is 0.0953. The van der Waals surface area contributed by atoms with Gasteiger partial charge in [-0.05, 0) is 36.6 Å². The van der Waals surface area contributed by atoms with Crippen molar-refractivity contribution in [2.45, 2.75) is 12.8 Å². The summed E-state index contributed by atoms with van der Waals surface area (Å²) in [7, 11) is 3.14. The fourth-order valence-corrected chi connectivity index (χ4v) is 2.45. The topological polar surface area (TPSA) is 60.5 Å². The number of allylic oxidation sites excluding steroid dienone is 1. The SMILES string of the molecule is C=CCc1cc(C(=O)NCCc2cccnc2)cc(OC)c1OC.